The minimum atomic E-state index is 0.0689. The highest BCUT2D eigenvalue weighted by atomic mass is 32.1. The lowest BCUT2D eigenvalue weighted by Crippen LogP contribution is -2.40. The maximum absolute atomic E-state index is 13.5. The fourth-order valence-electron chi connectivity index (χ4n) is 5.20. The summed E-state index contributed by atoms with van der Waals surface area (Å²) in [6, 6.07) is 10.8. The van der Waals surface area contributed by atoms with Crippen LogP contribution in [0.15, 0.2) is 30.3 Å². The van der Waals surface area contributed by atoms with E-state index in [1.165, 1.54) is 9.75 Å². The van der Waals surface area contributed by atoms with Crippen LogP contribution in [0.3, 0.4) is 0 Å². The molecule has 7 nitrogen and oxygen atoms in total. The lowest BCUT2D eigenvalue weighted by atomic mass is 10.0. The molecule has 1 aromatic heterocycles. The van der Waals surface area contributed by atoms with Crippen LogP contribution in [-0.4, -0.2) is 66.6 Å². The molecule has 0 aliphatic carbocycles. The predicted molar refractivity (Wildman–Crippen MR) is 156 cm³/mol. The minimum absolute atomic E-state index is 0.0689. The molecule has 1 unspecified atom stereocenters. The van der Waals surface area contributed by atoms with E-state index in [4.69, 9.17) is 9.47 Å². The zero-order chi connectivity index (χ0) is 27.6. The second kappa shape index (κ2) is 14.8. The van der Waals surface area contributed by atoms with E-state index in [1.54, 1.807) is 11.3 Å². The summed E-state index contributed by atoms with van der Waals surface area (Å²) in [6.07, 6.45) is 6.29. The standard InChI is InChI=1S/C31H45N3O4S/c1-23(2)33-19-26-18-25(10-13-29(26)38-16-6-4-5-15-32-30(35)22-33)11-14-31(36)34(20-27-8-7-17-37-27)21-28-12-9-24(3)39-28/h9-10,12-13,18,23,27H,4-8,11,14-17,19-22H2,1-3H3,(H,32,35). The molecule has 214 valence electrons. The summed E-state index contributed by atoms with van der Waals surface area (Å²) in [4.78, 5) is 32.6. The van der Waals surface area contributed by atoms with Gasteiger partial charge >= 0.3 is 0 Å². The zero-order valence-corrected chi connectivity index (χ0v) is 24.7. The number of benzene rings is 1. The van der Waals surface area contributed by atoms with Crippen LogP contribution < -0.4 is 10.1 Å². The van der Waals surface area contributed by atoms with Crippen molar-refractivity contribution in [2.45, 2.75) is 91.0 Å². The van der Waals surface area contributed by atoms with Crippen molar-refractivity contribution in [3.8, 4) is 5.75 Å². The van der Waals surface area contributed by atoms with E-state index in [-0.39, 0.29) is 24.0 Å². The first-order valence-corrected chi connectivity index (χ1v) is 15.4. The Hall–Kier alpha value is -2.42. The molecule has 1 atom stereocenters. The van der Waals surface area contributed by atoms with Crippen molar-refractivity contribution in [3.05, 3.63) is 51.2 Å². The average Bonchev–Trinajstić information content (AvgIpc) is 3.58. The number of ether oxygens (including phenoxy) is 2. The van der Waals surface area contributed by atoms with Crippen molar-refractivity contribution in [2.75, 3.05) is 32.8 Å². The van der Waals surface area contributed by atoms with Crippen molar-refractivity contribution in [3.63, 3.8) is 0 Å². The van der Waals surface area contributed by atoms with Crippen molar-refractivity contribution in [1.82, 2.24) is 15.1 Å². The molecule has 2 aliphatic rings. The lowest BCUT2D eigenvalue weighted by Gasteiger charge is -2.27. The highest BCUT2D eigenvalue weighted by Crippen LogP contribution is 2.25. The van der Waals surface area contributed by atoms with Crippen molar-refractivity contribution >= 4 is 23.2 Å². The maximum Gasteiger partial charge on any atom is 0.234 e. The summed E-state index contributed by atoms with van der Waals surface area (Å²) >= 11 is 1.75. The summed E-state index contributed by atoms with van der Waals surface area (Å²) in [7, 11) is 0. The van der Waals surface area contributed by atoms with Gasteiger partial charge in [0.25, 0.3) is 0 Å². The Balaban J connectivity index is 1.45. The largest absolute Gasteiger partial charge is 0.493 e. The van der Waals surface area contributed by atoms with Gasteiger partial charge in [0.2, 0.25) is 11.8 Å². The van der Waals surface area contributed by atoms with Gasteiger partial charge in [0, 0.05) is 54.0 Å². The third-order valence-electron chi connectivity index (χ3n) is 7.55. The lowest BCUT2D eigenvalue weighted by molar-refractivity contribution is -0.133. The van der Waals surface area contributed by atoms with Crippen LogP contribution in [0.25, 0.3) is 0 Å². The maximum atomic E-state index is 13.5. The monoisotopic (exact) mass is 555 g/mol. The van der Waals surface area contributed by atoms with Gasteiger partial charge < -0.3 is 19.7 Å². The summed E-state index contributed by atoms with van der Waals surface area (Å²) in [5, 5.41) is 3.06. The molecule has 0 bridgehead atoms. The number of fused-ring (bicyclic) bond motifs is 1. The number of nitrogens with one attached hydrogen (secondary N) is 1. The zero-order valence-electron chi connectivity index (χ0n) is 23.9. The van der Waals surface area contributed by atoms with E-state index in [2.05, 4.69) is 55.3 Å². The third kappa shape index (κ3) is 9.33. The Morgan fingerprint density at radius 3 is 2.74 bits per heavy atom. The Morgan fingerprint density at radius 2 is 2.00 bits per heavy atom. The van der Waals surface area contributed by atoms with Gasteiger partial charge in [-0.1, -0.05) is 12.1 Å². The Kier molecular flexibility index (Phi) is 11.2. The number of nitrogens with zero attached hydrogens (tertiary/aromatic N) is 2. The Morgan fingerprint density at radius 1 is 1.13 bits per heavy atom. The van der Waals surface area contributed by atoms with Crippen LogP contribution in [-0.2, 0) is 33.8 Å². The highest BCUT2D eigenvalue weighted by Gasteiger charge is 2.24. The molecule has 4 rings (SSSR count). The number of carbonyl (C=O) groups excluding carboxylic acids is 2. The second-order valence-corrected chi connectivity index (χ2v) is 12.5. The molecule has 0 spiro atoms. The summed E-state index contributed by atoms with van der Waals surface area (Å²) < 4.78 is 12.1. The molecule has 1 saturated heterocycles. The molecule has 39 heavy (non-hydrogen) atoms. The van der Waals surface area contributed by atoms with Gasteiger partial charge in [-0.15, -0.1) is 11.3 Å². The van der Waals surface area contributed by atoms with Crippen LogP contribution in [0.4, 0.5) is 0 Å². The molecule has 1 fully saturated rings. The van der Waals surface area contributed by atoms with Crippen LogP contribution in [0.2, 0.25) is 0 Å². The number of amides is 2. The molecule has 1 N–H and O–H groups in total. The number of hydrogen-bond acceptors (Lipinski definition) is 6. The number of aryl methyl sites for hydroxylation is 2. The van der Waals surface area contributed by atoms with E-state index >= 15 is 0 Å². The van der Waals surface area contributed by atoms with Crippen molar-refractivity contribution in [2.24, 2.45) is 0 Å². The summed E-state index contributed by atoms with van der Waals surface area (Å²) in [6.45, 7) is 10.8. The Bertz CT molecular complexity index is 1080. The average molecular weight is 556 g/mol. The minimum Gasteiger partial charge on any atom is -0.493 e. The molecule has 0 saturated carbocycles. The number of rotatable bonds is 8. The fourth-order valence-corrected chi connectivity index (χ4v) is 6.11. The van der Waals surface area contributed by atoms with E-state index in [9.17, 15) is 9.59 Å². The quantitative estimate of drug-likeness (QED) is 0.492. The second-order valence-electron chi connectivity index (χ2n) is 11.1. The van der Waals surface area contributed by atoms with Crippen LogP contribution in [0.1, 0.15) is 73.3 Å². The third-order valence-corrected chi connectivity index (χ3v) is 8.53. The molecule has 2 aliphatic heterocycles. The van der Waals surface area contributed by atoms with E-state index in [0.717, 1.165) is 55.6 Å². The van der Waals surface area contributed by atoms with E-state index in [0.29, 0.717) is 52.2 Å². The molecule has 2 amide bonds. The van der Waals surface area contributed by atoms with Gasteiger partial charge in [0.1, 0.15) is 5.75 Å². The van der Waals surface area contributed by atoms with Crippen molar-refractivity contribution < 1.29 is 19.1 Å². The molecule has 1 aromatic carbocycles. The molecule has 2 aromatic rings. The van der Waals surface area contributed by atoms with Gasteiger partial charge in [-0.05, 0) is 83.1 Å². The summed E-state index contributed by atoms with van der Waals surface area (Å²) in [5.74, 6) is 1.11. The first-order chi connectivity index (χ1) is 18.9. The highest BCUT2D eigenvalue weighted by molar-refractivity contribution is 7.11. The number of carbonyl (C=O) groups is 2. The normalized spacial score (nSPS) is 19.4. The van der Waals surface area contributed by atoms with E-state index < -0.39 is 0 Å². The van der Waals surface area contributed by atoms with Gasteiger partial charge in [-0.3, -0.25) is 14.5 Å². The molecule has 3 heterocycles. The summed E-state index contributed by atoms with van der Waals surface area (Å²) in [5.41, 5.74) is 2.19. The number of hydrogen-bond donors (Lipinski definition) is 1. The van der Waals surface area contributed by atoms with E-state index in [1.807, 2.05) is 11.0 Å². The molecular weight excluding hydrogens is 510 g/mol. The van der Waals surface area contributed by atoms with Crippen LogP contribution in [0.5, 0.6) is 5.75 Å². The molecule has 8 heteroatoms. The SMILES string of the molecule is Cc1ccc(CN(CC2CCCO2)C(=O)CCc2ccc3c(c2)CN(C(C)C)CC(=O)NCCCCCO3)s1. The van der Waals surface area contributed by atoms with Crippen LogP contribution >= 0.6 is 11.3 Å². The molecular formula is C31H45N3O4S. The first kappa shape index (κ1) is 29.6. The van der Waals surface area contributed by atoms with Gasteiger partial charge in [0.05, 0.1) is 25.8 Å². The smallest absolute Gasteiger partial charge is 0.234 e. The topological polar surface area (TPSA) is 71.1 Å². The Labute approximate surface area is 237 Å². The first-order valence-electron chi connectivity index (χ1n) is 14.6. The van der Waals surface area contributed by atoms with Crippen LogP contribution in [0, 0.1) is 6.92 Å². The number of thiophene rings is 1. The van der Waals surface area contributed by atoms with Gasteiger partial charge in [-0.25, -0.2) is 0 Å². The molecule has 0 radical (unpaired) electrons. The predicted octanol–water partition coefficient (Wildman–Crippen LogP) is 5.09. The van der Waals surface area contributed by atoms with Gasteiger partial charge in [0.15, 0.2) is 0 Å². The van der Waals surface area contributed by atoms with Crippen molar-refractivity contribution in [1.29, 1.82) is 0 Å². The fraction of sp³-hybridized carbons (Fsp3) is 0.613. The van der Waals surface area contributed by atoms with Gasteiger partial charge in [-0.2, -0.15) is 0 Å².